The van der Waals surface area contributed by atoms with Crippen LogP contribution in [0.4, 0.5) is 17.1 Å². The maximum atomic E-state index is 5.89. The quantitative estimate of drug-likeness (QED) is 0.181. The number of ether oxygens (including phenoxy) is 3. The standard InChI is InChI=1S/3C16H17NO/c1-12-5-3-8-15(9-12)17-10-14-7-4-6-13(2)16(14)18-11-17;1-12-4-3-5-15(9-12)17-10-14-8-13(2)6-7-16(14)18-11-17;1-12-4-3-5-15(8-12)17-10-14-7-6-13(2)9-16(14)18-11-17/h3*3-9H,10-11H2,1-2H3. The van der Waals surface area contributed by atoms with Gasteiger partial charge >= 0.3 is 0 Å². The van der Waals surface area contributed by atoms with Crippen molar-refractivity contribution in [1.29, 1.82) is 0 Å². The molecule has 0 aliphatic carbocycles. The third-order valence-electron chi connectivity index (χ3n) is 10.0. The molecule has 0 unspecified atom stereocenters. The van der Waals surface area contributed by atoms with Crippen molar-refractivity contribution >= 4 is 17.1 Å². The summed E-state index contributed by atoms with van der Waals surface area (Å²) < 4.78 is 17.5. The molecule has 6 heteroatoms. The Bertz CT molecular complexity index is 2180. The van der Waals surface area contributed by atoms with Crippen LogP contribution in [0.15, 0.2) is 127 Å². The summed E-state index contributed by atoms with van der Waals surface area (Å²) in [5.74, 6) is 3.10. The van der Waals surface area contributed by atoms with Crippen LogP contribution in [0, 0.1) is 41.5 Å². The summed E-state index contributed by atoms with van der Waals surface area (Å²) in [6.45, 7) is 17.3. The first-order valence-corrected chi connectivity index (χ1v) is 18.8. The molecule has 0 saturated heterocycles. The Morgan fingerprint density at radius 1 is 0.370 bits per heavy atom. The minimum absolute atomic E-state index is 0.625. The second-order valence-corrected chi connectivity index (χ2v) is 14.7. The lowest BCUT2D eigenvalue weighted by molar-refractivity contribution is 0.287. The Hall–Kier alpha value is -5.88. The van der Waals surface area contributed by atoms with Gasteiger partial charge in [0.25, 0.3) is 0 Å². The van der Waals surface area contributed by atoms with E-state index in [1.165, 1.54) is 67.1 Å². The molecular weight excluding hydrogens is 667 g/mol. The molecule has 6 aromatic rings. The molecule has 0 amide bonds. The molecule has 54 heavy (non-hydrogen) atoms. The number of para-hydroxylation sites is 1. The van der Waals surface area contributed by atoms with Crippen molar-refractivity contribution in [2.45, 2.75) is 61.2 Å². The van der Waals surface area contributed by atoms with Crippen molar-refractivity contribution in [3.8, 4) is 17.2 Å². The zero-order valence-corrected chi connectivity index (χ0v) is 32.4. The van der Waals surface area contributed by atoms with Crippen molar-refractivity contribution in [2.75, 3.05) is 34.9 Å². The summed E-state index contributed by atoms with van der Waals surface area (Å²) in [6.07, 6.45) is 0. The average Bonchev–Trinajstić information content (AvgIpc) is 3.18. The normalized spacial score (nSPS) is 14.0. The van der Waals surface area contributed by atoms with Crippen molar-refractivity contribution in [3.63, 3.8) is 0 Å². The number of nitrogens with zero attached hydrogens (tertiary/aromatic N) is 3. The zero-order valence-electron chi connectivity index (χ0n) is 32.4. The van der Waals surface area contributed by atoms with E-state index in [9.17, 15) is 0 Å². The van der Waals surface area contributed by atoms with E-state index >= 15 is 0 Å². The van der Waals surface area contributed by atoms with Crippen LogP contribution < -0.4 is 28.9 Å². The zero-order chi connectivity index (χ0) is 37.6. The minimum atomic E-state index is 0.625. The van der Waals surface area contributed by atoms with Gasteiger partial charge in [0.15, 0.2) is 20.2 Å². The molecule has 3 heterocycles. The van der Waals surface area contributed by atoms with Crippen LogP contribution in [-0.4, -0.2) is 20.2 Å². The van der Waals surface area contributed by atoms with E-state index in [4.69, 9.17) is 14.2 Å². The fraction of sp³-hybridized carbons (Fsp3) is 0.250. The van der Waals surface area contributed by atoms with Gasteiger partial charge in [0.2, 0.25) is 0 Å². The number of fused-ring (bicyclic) bond motifs is 3. The maximum absolute atomic E-state index is 5.89. The first-order chi connectivity index (χ1) is 26.2. The van der Waals surface area contributed by atoms with Gasteiger partial charge in [0.1, 0.15) is 17.2 Å². The van der Waals surface area contributed by atoms with Gasteiger partial charge in [-0.3, -0.25) is 0 Å². The number of benzene rings is 6. The lowest BCUT2D eigenvalue weighted by Crippen LogP contribution is -2.32. The summed E-state index contributed by atoms with van der Waals surface area (Å²) in [5, 5.41) is 0. The van der Waals surface area contributed by atoms with E-state index in [1.807, 2.05) is 0 Å². The SMILES string of the molecule is Cc1cccc(N2COc3c(C)cccc3C2)c1.Cc1cccc(N2COc3cc(C)ccc3C2)c1.Cc1cccc(N2COc3ccc(C)cc3C2)c1. The molecule has 3 aliphatic heterocycles. The van der Waals surface area contributed by atoms with Crippen LogP contribution in [0.1, 0.15) is 50.1 Å². The molecule has 3 aliphatic rings. The summed E-state index contributed by atoms with van der Waals surface area (Å²) in [7, 11) is 0. The molecule has 276 valence electrons. The predicted molar refractivity (Wildman–Crippen MR) is 222 cm³/mol. The molecule has 0 N–H and O–H groups in total. The van der Waals surface area contributed by atoms with Gasteiger partial charge < -0.3 is 28.9 Å². The van der Waals surface area contributed by atoms with Crippen LogP contribution in [0.5, 0.6) is 17.2 Å². The lowest BCUT2D eigenvalue weighted by Gasteiger charge is -2.31. The summed E-state index contributed by atoms with van der Waals surface area (Å²) in [4.78, 5) is 6.77. The van der Waals surface area contributed by atoms with E-state index < -0.39 is 0 Å². The van der Waals surface area contributed by atoms with Crippen molar-refractivity contribution in [3.05, 3.63) is 177 Å². The highest BCUT2D eigenvalue weighted by atomic mass is 16.5. The molecule has 0 fully saturated rings. The van der Waals surface area contributed by atoms with Crippen molar-refractivity contribution in [2.24, 2.45) is 0 Å². The number of anilines is 3. The number of hydrogen-bond donors (Lipinski definition) is 0. The van der Waals surface area contributed by atoms with E-state index in [-0.39, 0.29) is 0 Å². The molecule has 0 atom stereocenters. The third kappa shape index (κ3) is 8.83. The second kappa shape index (κ2) is 16.4. The number of rotatable bonds is 3. The van der Waals surface area contributed by atoms with E-state index in [1.54, 1.807) is 0 Å². The Balaban J connectivity index is 0.000000125. The van der Waals surface area contributed by atoms with Crippen LogP contribution in [0.3, 0.4) is 0 Å². The largest absolute Gasteiger partial charge is 0.473 e. The van der Waals surface area contributed by atoms with Gasteiger partial charge in [-0.25, -0.2) is 0 Å². The average molecular weight is 718 g/mol. The summed E-state index contributed by atoms with van der Waals surface area (Å²) in [6, 6.07) is 44.8. The summed E-state index contributed by atoms with van der Waals surface area (Å²) in [5.41, 5.74) is 15.1. The van der Waals surface area contributed by atoms with Crippen LogP contribution in [-0.2, 0) is 19.6 Å². The molecule has 9 rings (SSSR count). The van der Waals surface area contributed by atoms with Gasteiger partial charge in [-0.05, 0) is 118 Å². The van der Waals surface area contributed by atoms with Gasteiger partial charge in [-0.2, -0.15) is 0 Å². The monoisotopic (exact) mass is 717 g/mol. The molecule has 6 aromatic carbocycles. The van der Waals surface area contributed by atoms with Gasteiger partial charge in [0, 0.05) is 53.4 Å². The van der Waals surface area contributed by atoms with Crippen LogP contribution in [0.25, 0.3) is 0 Å². The lowest BCUT2D eigenvalue weighted by atomic mass is 10.1. The van der Waals surface area contributed by atoms with Gasteiger partial charge in [-0.15, -0.1) is 0 Å². The molecule has 0 bridgehead atoms. The van der Waals surface area contributed by atoms with Crippen molar-refractivity contribution in [1.82, 2.24) is 0 Å². The molecule has 6 nitrogen and oxygen atoms in total. The van der Waals surface area contributed by atoms with Crippen molar-refractivity contribution < 1.29 is 14.2 Å². The Kier molecular flexibility index (Phi) is 11.1. The minimum Gasteiger partial charge on any atom is -0.473 e. The van der Waals surface area contributed by atoms with Gasteiger partial charge in [0.05, 0.1) is 0 Å². The first-order valence-electron chi connectivity index (χ1n) is 18.8. The molecule has 0 saturated carbocycles. The molecule has 0 spiro atoms. The molecule has 0 radical (unpaired) electrons. The van der Waals surface area contributed by atoms with E-state index in [0.29, 0.717) is 20.2 Å². The first kappa shape index (κ1) is 36.5. The van der Waals surface area contributed by atoms with Crippen LogP contribution >= 0.6 is 0 Å². The fourth-order valence-corrected chi connectivity index (χ4v) is 7.11. The predicted octanol–water partition coefficient (Wildman–Crippen LogP) is 11.0. The molecular formula is C48H51N3O3. The topological polar surface area (TPSA) is 37.4 Å². The fourth-order valence-electron chi connectivity index (χ4n) is 7.11. The highest BCUT2D eigenvalue weighted by molar-refractivity contribution is 5.54. The highest BCUT2D eigenvalue weighted by Gasteiger charge is 2.20. The smallest absolute Gasteiger partial charge is 0.161 e. The third-order valence-corrected chi connectivity index (χ3v) is 10.0. The second-order valence-electron chi connectivity index (χ2n) is 14.7. The molecule has 0 aromatic heterocycles. The van der Waals surface area contributed by atoms with E-state index in [2.05, 4.69) is 184 Å². The Morgan fingerprint density at radius 2 is 0.833 bits per heavy atom. The maximum Gasteiger partial charge on any atom is 0.161 e. The Morgan fingerprint density at radius 3 is 1.43 bits per heavy atom. The Labute approximate surface area is 321 Å². The highest BCUT2D eigenvalue weighted by Crippen LogP contribution is 2.32. The summed E-state index contributed by atoms with van der Waals surface area (Å²) >= 11 is 0. The van der Waals surface area contributed by atoms with Gasteiger partial charge in [-0.1, -0.05) is 84.4 Å². The van der Waals surface area contributed by atoms with E-state index in [0.717, 1.165) is 36.9 Å². The number of hydrogen-bond acceptors (Lipinski definition) is 6. The van der Waals surface area contributed by atoms with Crippen LogP contribution in [0.2, 0.25) is 0 Å². The number of aryl methyl sites for hydroxylation is 6.